The maximum atomic E-state index is 12.9. The monoisotopic (exact) mass is 628 g/mol. The number of nitrogens with zero attached hydrogens (tertiary/aromatic N) is 3. The van der Waals surface area contributed by atoms with Gasteiger partial charge in [0.05, 0.1) is 16.6 Å². The Bertz CT molecular complexity index is 1390. The van der Waals surface area contributed by atoms with Gasteiger partial charge in [-0.3, -0.25) is 14.4 Å². The van der Waals surface area contributed by atoms with E-state index in [1.54, 1.807) is 24.0 Å². The minimum absolute atomic E-state index is 0.0910. The number of oxime groups is 1. The topological polar surface area (TPSA) is 196 Å². The summed E-state index contributed by atoms with van der Waals surface area (Å²) in [5, 5.41) is 26.4. The fourth-order valence-electron chi connectivity index (χ4n) is 4.52. The molecular weight excluding hydrogens is 600 g/mol. The van der Waals surface area contributed by atoms with E-state index in [1.807, 2.05) is 12.1 Å². The number of aliphatic imine (C=N–C) groups is 1. The summed E-state index contributed by atoms with van der Waals surface area (Å²) >= 11 is 3.44. The molecule has 1 saturated heterocycles. The van der Waals surface area contributed by atoms with E-state index in [4.69, 9.17) is 15.7 Å². The standard InChI is InChI=1S/C27H29BrN6O7/c1-14(30-23(35)16-8-6-15(7-9-16)22(29)33-40)26(37)34-12-10-17(11-13-34)41-25(27(38)39)32-24(36)21-20(28)18-4-2-3-5-19(18)31-21/h2-9,14,17,20,25,40H,10-13H2,1H3,(H2,29,33)(H,30,35)(H,32,36)(H,38,39)/t14?,20?,25-/m0/s1. The van der Waals surface area contributed by atoms with E-state index in [1.165, 1.54) is 24.3 Å². The van der Waals surface area contributed by atoms with Gasteiger partial charge in [-0.2, -0.15) is 0 Å². The lowest BCUT2D eigenvalue weighted by Gasteiger charge is -2.34. The number of nitrogens with two attached hydrogens (primary N) is 1. The van der Waals surface area contributed by atoms with Crippen LogP contribution >= 0.6 is 15.9 Å². The van der Waals surface area contributed by atoms with Crippen molar-refractivity contribution in [2.75, 3.05) is 13.1 Å². The van der Waals surface area contributed by atoms with Crippen LogP contribution in [-0.4, -0.2) is 81.9 Å². The number of hydrogen-bond donors (Lipinski definition) is 5. The molecule has 3 atom stereocenters. The zero-order valence-corrected chi connectivity index (χ0v) is 23.6. The smallest absolute Gasteiger partial charge is 0.354 e. The second-order valence-corrected chi connectivity index (χ2v) is 10.4. The highest BCUT2D eigenvalue weighted by Gasteiger charge is 2.34. The fraction of sp³-hybridized carbons (Fsp3) is 0.333. The lowest BCUT2D eigenvalue weighted by atomic mass is 10.1. The van der Waals surface area contributed by atoms with Crippen LogP contribution in [0.3, 0.4) is 0 Å². The number of alkyl halides is 1. The molecule has 41 heavy (non-hydrogen) atoms. The van der Waals surface area contributed by atoms with Crippen LogP contribution in [-0.2, 0) is 19.1 Å². The molecule has 6 N–H and O–H groups in total. The summed E-state index contributed by atoms with van der Waals surface area (Å²) in [6.45, 7) is 2.14. The SMILES string of the molecule is CC(NC(=O)c1ccc(/C(N)=N/O)cc1)C(=O)N1CCC(O[C@H](NC(=O)C2=Nc3ccccc3C2Br)C(=O)O)CC1. The second-order valence-electron chi connectivity index (χ2n) is 9.53. The van der Waals surface area contributed by atoms with Gasteiger partial charge in [-0.25, -0.2) is 9.79 Å². The molecule has 13 nitrogen and oxygen atoms in total. The molecule has 0 aromatic heterocycles. The van der Waals surface area contributed by atoms with Crippen LogP contribution in [0.4, 0.5) is 5.69 Å². The molecule has 2 aliphatic rings. The average molecular weight is 629 g/mol. The molecule has 216 valence electrons. The molecule has 2 aromatic carbocycles. The van der Waals surface area contributed by atoms with Gasteiger partial charge < -0.3 is 36.3 Å². The molecular formula is C27H29BrN6O7. The van der Waals surface area contributed by atoms with Gasteiger partial charge in [0.15, 0.2) is 5.84 Å². The van der Waals surface area contributed by atoms with Crippen molar-refractivity contribution in [1.82, 2.24) is 15.5 Å². The second kappa shape index (κ2) is 12.9. The summed E-state index contributed by atoms with van der Waals surface area (Å²) < 4.78 is 5.70. The molecule has 1 fully saturated rings. The normalized spacial score (nSPS) is 18.6. The fourth-order valence-corrected chi connectivity index (χ4v) is 5.22. The first-order chi connectivity index (χ1) is 19.6. The van der Waals surface area contributed by atoms with Crippen LogP contribution in [0.1, 0.15) is 46.1 Å². The summed E-state index contributed by atoms with van der Waals surface area (Å²) in [4.78, 5) is 55.6. The third-order valence-corrected chi connectivity index (χ3v) is 7.69. The molecule has 2 aliphatic heterocycles. The van der Waals surface area contributed by atoms with E-state index < -0.39 is 41.0 Å². The number of aliphatic carboxylic acids is 1. The lowest BCUT2D eigenvalue weighted by Crippen LogP contribution is -2.52. The molecule has 2 aromatic rings. The number of amidine groups is 1. The number of carbonyl (C=O) groups excluding carboxylic acids is 3. The zero-order chi connectivity index (χ0) is 29.7. The quantitative estimate of drug-likeness (QED) is 0.0690. The van der Waals surface area contributed by atoms with Gasteiger partial charge in [0.1, 0.15) is 11.8 Å². The van der Waals surface area contributed by atoms with Crippen LogP contribution in [0, 0.1) is 0 Å². The zero-order valence-electron chi connectivity index (χ0n) is 22.0. The third-order valence-electron chi connectivity index (χ3n) is 6.76. The molecule has 2 heterocycles. The molecule has 3 amide bonds. The summed E-state index contributed by atoms with van der Waals surface area (Å²) in [5.41, 5.74) is 7.84. The number of halogens is 1. The molecule has 0 aliphatic carbocycles. The number of amides is 3. The number of ether oxygens (including phenoxy) is 1. The Morgan fingerprint density at radius 1 is 1.05 bits per heavy atom. The van der Waals surface area contributed by atoms with Crippen LogP contribution in [0.2, 0.25) is 0 Å². The van der Waals surface area contributed by atoms with Gasteiger partial charge in [0, 0.05) is 24.2 Å². The highest BCUT2D eigenvalue weighted by Crippen LogP contribution is 2.39. The summed E-state index contributed by atoms with van der Waals surface area (Å²) in [6, 6.07) is 12.4. The predicted molar refractivity (Wildman–Crippen MR) is 151 cm³/mol. The van der Waals surface area contributed by atoms with Crippen molar-refractivity contribution in [3.8, 4) is 0 Å². The van der Waals surface area contributed by atoms with Gasteiger partial charge in [0.2, 0.25) is 12.1 Å². The van der Waals surface area contributed by atoms with E-state index in [2.05, 4.69) is 36.7 Å². The van der Waals surface area contributed by atoms with Crippen LogP contribution in [0.25, 0.3) is 0 Å². The third kappa shape index (κ3) is 6.89. The van der Waals surface area contributed by atoms with Crippen molar-refractivity contribution >= 4 is 56.9 Å². The number of likely N-dealkylation sites (tertiary alicyclic amines) is 1. The Kier molecular flexibility index (Phi) is 9.35. The highest BCUT2D eigenvalue weighted by atomic mass is 79.9. The minimum atomic E-state index is -1.59. The Hall–Kier alpha value is -4.30. The lowest BCUT2D eigenvalue weighted by molar-refractivity contribution is -0.162. The maximum Gasteiger partial charge on any atom is 0.354 e. The Balaban J connectivity index is 1.27. The molecule has 0 bridgehead atoms. The highest BCUT2D eigenvalue weighted by molar-refractivity contribution is 9.09. The van der Waals surface area contributed by atoms with Crippen molar-refractivity contribution in [3.63, 3.8) is 0 Å². The Morgan fingerprint density at radius 3 is 2.29 bits per heavy atom. The Morgan fingerprint density at radius 2 is 1.68 bits per heavy atom. The maximum absolute atomic E-state index is 12.9. The van der Waals surface area contributed by atoms with Gasteiger partial charge in [-0.1, -0.05) is 51.4 Å². The van der Waals surface area contributed by atoms with E-state index in [9.17, 15) is 24.3 Å². The average Bonchev–Trinajstić information content (AvgIpc) is 3.32. The Labute approximate surface area is 243 Å². The number of nitrogens with one attached hydrogen (secondary N) is 2. The van der Waals surface area contributed by atoms with Crippen molar-refractivity contribution < 1.29 is 34.2 Å². The first-order valence-corrected chi connectivity index (χ1v) is 13.7. The molecule has 2 unspecified atom stereocenters. The molecule has 0 saturated carbocycles. The molecule has 14 heteroatoms. The first-order valence-electron chi connectivity index (χ1n) is 12.8. The summed E-state index contributed by atoms with van der Waals surface area (Å²) in [7, 11) is 0. The van der Waals surface area contributed by atoms with Gasteiger partial charge in [-0.15, -0.1) is 0 Å². The number of benzene rings is 2. The van der Waals surface area contributed by atoms with Crippen molar-refractivity contribution in [1.29, 1.82) is 0 Å². The number of carboxylic acid groups (broad SMARTS) is 1. The van der Waals surface area contributed by atoms with Crippen molar-refractivity contribution in [2.45, 2.75) is 43.0 Å². The van der Waals surface area contributed by atoms with Crippen molar-refractivity contribution in [2.24, 2.45) is 15.9 Å². The van der Waals surface area contributed by atoms with Crippen LogP contribution in [0.15, 0.2) is 58.7 Å². The number of para-hydroxylation sites is 1. The van der Waals surface area contributed by atoms with E-state index in [0.29, 0.717) is 29.7 Å². The number of carboxylic acids is 1. The number of carbonyl (C=O) groups is 4. The predicted octanol–water partition coefficient (Wildman–Crippen LogP) is 1.66. The van der Waals surface area contributed by atoms with E-state index in [0.717, 1.165) is 5.56 Å². The molecule has 4 rings (SSSR count). The van der Waals surface area contributed by atoms with Crippen LogP contribution < -0.4 is 16.4 Å². The minimum Gasteiger partial charge on any atom is -0.478 e. The van der Waals surface area contributed by atoms with Crippen LogP contribution in [0.5, 0.6) is 0 Å². The largest absolute Gasteiger partial charge is 0.478 e. The number of hydrogen-bond acceptors (Lipinski definition) is 8. The molecule has 0 spiro atoms. The number of piperidine rings is 1. The number of rotatable bonds is 9. The van der Waals surface area contributed by atoms with E-state index in [-0.39, 0.29) is 30.5 Å². The van der Waals surface area contributed by atoms with Crippen molar-refractivity contribution in [3.05, 3.63) is 65.2 Å². The molecule has 0 radical (unpaired) electrons. The summed E-state index contributed by atoms with van der Waals surface area (Å²) in [6.07, 6.45) is -1.42. The van der Waals surface area contributed by atoms with Gasteiger partial charge in [-0.05, 0) is 43.5 Å². The van der Waals surface area contributed by atoms with E-state index >= 15 is 0 Å². The summed E-state index contributed by atoms with van der Waals surface area (Å²) in [5.74, 6) is -2.86. The number of fused-ring (bicyclic) bond motifs is 1. The van der Waals surface area contributed by atoms with Gasteiger partial charge in [0.25, 0.3) is 11.8 Å². The first kappa shape index (κ1) is 29.7. The van der Waals surface area contributed by atoms with Gasteiger partial charge >= 0.3 is 5.97 Å².